The van der Waals surface area contributed by atoms with Crippen molar-refractivity contribution in [3.05, 3.63) is 18.5 Å². The Bertz CT molecular complexity index is 174. The fraction of sp³-hybridized carbons (Fsp3) is 0.400. The second-order valence-corrected chi connectivity index (χ2v) is 2.74. The van der Waals surface area contributed by atoms with Crippen LogP contribution in [0.15, 0.2) is 18.5 Å². The van der Waals surface area contributed by atoms with Crippen molar-refractivity contribution in [2.75, 3.05) is 11.3 Å². The van der Waals surface area contributed by atoms with E-state index in [9.17, 15) is 0 Å². The third-order valence-electron chi connectivity index (χ3n) is 1.32. The zero-order valence-corrected chi connectivity index (χ0v) is 7.30. The highest BCUT2D eigenvalue weighted by Crippen LogP contribution is 1.93. The number of hydrogen-bond acceptors (Lipinski definition) is 3. The minimum absolute atomic E-state index is 0.321. The highest BCUT2D eigenvalue weighted by molar-refractivity contribution is 7.84. The van der Waals surface area contributed by atoms with Gasteiger partial charge >= 0.3 is 6.85 Å². The van der Waals surface area contributed by atoms with E-state index < -0.39 is 0 Å². The average molecular weight is 172 g/mol. The van der Waals surface area contributed by atoms with Crippen LogP contribution < -0.4 is 0 Å². The first-order valence-electron chi connectivity index (χ1n) is 3.09. The maximum atomic E-state index is 4.17. The standard InChI is InChI=1S/C5H9BN2S2/c9-4-6(5-10)8-3-1-2-7-8/h1-3,9-10H,4-5H2. The van der Waals surface area contributed by atoms with E-state index in [4.69, 9.17) is 0 Å². The molecule has 0 aliphatic carbocycles. The maximum absolute atomic E-state index is 4.17. The van der Waals surface area contributed by atoms with E-state index in [0.29, 0.717) is 6.85 Å². The van der Waals surface area contributed by atoms with Crippen LogP contribution in [-0.2, 0) is 0 Å². The van der Waals surface area contributed by atoms with Crippen LogP contribution in [0.1, 0.15) is 0 Å². The van der Waals surface area contributed by atoms with Crippen molar-refractivity contribution in [3.8, 4) is 0 Å². The predicted octanol–water partition coefficient (Wildman–Crippen LogP) is 0.661. The summed E-state index contributed by atoms with van der Waals surface area (Å²) in [6.45, 7) is 0.321. The predicted molar refractivity (Wildman–Crippen MR) is 51.1 cm³/mol. The molecule has 0 aliphatic heterocycles. The molecule has 0 N–H and O–H groups in total. The van der Waals surface area contributed by atoms with Gasteiger partial charge in [0.2, 0.25) is 0 Å². The third kappa shape index (κ3) is 1.73. The number of hydrogen-bond donors (Lipinski definition) is 2. The molecule has 1 aromatic heterocycles. The van der Waals surface area contributed by atoms with Gasteiger partial charge in [0.25, 0.3) is 0 Å². The molecule has 0 unspecified atom stereocenters. The van der Waals surface area contributed by atoms with Crippen LogP contribution in [0.25, 0.3) is 0 Å². The van der Waals surface area contributed by atoms with Crippen LogP contribution in [0.3, 0.4) is 0 Å². The summed E-state index contributed by atoms with van der Waals surface area (Å²) >= 11 is 8.34. The van der Waals surface area contributed by atoms with Gasteiger partial charge in [-0.15, -0.1) is 0 Å². The molecule has 1 heterocycles. The molecule has 0 saturated carbocycles. The number of aromatic nitrogens is 2. The summed E-state index contributed by atoms with van der Waals surface area (Å²) in [4.78, 5) is 0. The summed E-state index contributed by atoms with van der Waals surface area (Å²) < 4.78 is 1.88. The van der Waals surface area contributed by atoms with Crippen LogP contribution in [-0.4, -0.2) is 27.8 Å². The first-order valence-corrected chi connectivity index (χ1v) is 4.36. The van der Waals surface area contributed by atoms with E-state index in [2.05, 4.69) is 30.4 Å². The van der Waals surface area contributed by atoms with Gasteiger partial charge in [-0.1, -0.05) is 0 Å². The molecule has 0 atom stereocenters. The molecule has 0 fully saturated rings. The normalized spacial score (nSPS) is 9.80. The fourth-order valence-electron chi connectivity index (χ4n) is 0.722. The van der Waals surface area contributed by atoms with Crippen LogP contribution in [0.5, 0.6) is 0 Å². The van der Waals surface area contributed by atoms with Gasteiger partial charge in [-0.05, 0) is 17.4 Å². The third-order valence-corrected chi connectivity index (χ3v) is 2.16. The summed E-state index contributed by atoms with van der Waals surface area (Å²) in [6, 6.07) is 1.90. The highest BCUT2D eigenvalue weighted by atomic mass is 32.1. The fourth-order valence-corrected chi connectivity index (χ4v) is 1.52. The first kappa shape index (κ1) is 8.08. The lowest BCUT2D eigenvalue weighted by molar-refractivity contribution is 0.956. The Hall–Kier alpha value is -0.0251. The van der Waals surface area contributed by atoms with Gasteiger partial charge in [0.1, 0.15) is 0 Å². The lowest BCUT2D eigenvalue weighted by Crippen LogP contribution is -2.29. The molecule has 54 valence electrons. The van der Waals surface area contributed by atoms with Gasteiger partial charge in [0.15, 0.2) is 0 Å². The molecule has 0 saturated heterocycles. The molecule has 0 spiro atoms. The minimum atomic E-state index is 0.321. The molecule has 0 radical (unpaired) electrons. The Balaban J connectivity index is 2.64. The minimum Gasteiger partial charge on any atom is -0.316 e. The van der Waals surface area contributed by atoms with Gasteiger partial charge in [-0.3, -0.25) is 0 Å². The van der Waals surface area contributed by atoms with Crippen molar-refractivity contribution in [1.82, 2.24) is 9.69 Å². The lowest BCUT2D eigenvalue weighted by atomic mass is 9.68. The van der Waals surface area contributed by atoms with E-state index in [0.717, 1.165) is 11.3 Å². The summed E-state index contributed by atoms with van der Waals surface area (Å²) in [5.41, 5.74) is 1.57. The van der Waals surface area contributed by atoms with Crippen LogP contribution in [0.2, 0.25) is 0 Å². The van der Waals surface area contributed by atoms with Gasteiger partial charge in [-0.25, -0.2) is 0 Å². The molecule has 5 heteroatoms. The summed E-state index contributed by atoms with van der Waals surface area (Å²) in [5.74, 6) is 0. The molecule has 1 rings (SSSR count). The molecule has 0 bridgehead atoms. The molecular weight excluding hydrogens is 163 g/mol. The van der Waals surface area contributed by atoms with Crippen molar-refractivity contribution in [1.29, 1.82) is 0 Å². The molecule has 0 aromatic carbocycles. The Kier molecular flexibility index (Phi) is 3.21. The van der Waals surface area contributed by atoms with Crippen molar-refractivity contribution < 1.29 is 0 Å². The Morgan fingerprint density at radius 3 is 2.50 bits per heavy atom. The second-order valence-electron chi connectivity index (χ2n) is 2.01. The second kappa shape index (κ2) is 3.98. The van der Waals surface area contributed by atoms with Crippen LogP contribution in [0.4, 0.5) is 0 Å². The first-order chi connectivity index (χ1) is 4.88. The van der Waals surface area contributed by atoms with E-state index in [-0.39, 0.29) is 0 Å². The van der Waals surface area contributed by atoms with E-state index >= 15 is 0 Å². The summed E-state index contributed by atoms with van der Waals surface area (Å²) in [5, 5.41) is 4.08. The van der Waals surface area contributed by atoms with Crippen molar-refractivity contribution in [2.45, 2.75) is 0 Å². The Labute approximate surface area is 71.9 Å². The van der Waals surface area contributed by atoms with Crippen molar-refractivity contribution in [3.63, 3.8) is 0 Å². The highest BCUT2D eigenvalue weighted by Gasteiger charge is 2.11. The van der Waals surface area contributed by atoms with Crippen molar-refractivity contribution >= 4 is 32.1 Å². The lowest BCUT2D eigenvalue weighted by Gasteiger charge is -2.05. The number of nitrogens with zero attached hydrogens (tertiary/aromatic N) is 2. The van der Waals surface area contributed by atoms with Gasteiger partial charge in [0, 0.05) is 12.4 Å². The largest absolute Gasteiger partial charge is 0.316 e. The van der Waals surface area contributed by atoms with Crippen LogP contribution >= 0.6 is 25.3 Å². The summed E-state index contributed by atoms with van der Waals surface area (Å²) in [6.07, 6.45) is 3.69. The smallest absolute Gasteiger partial charge is 0.303 e. The molecule has 0 aliphatic rings. The van der Waals surface area contributed by atoms with E-state index in [1.807, 2.05) is 16.9 Å². The molecule has 2 nitrogen and oxygen atoms in total. The Morgan fingerprint density at radius 1 is 1.40 bits per heavy atom. The molecule has 0 amide bonds. The van der Waals surface area contributed by atoms with Gasteiger partial charge in [-0.2, -0.15) is 30.4 Å². The summed E-state index contributed by atoms with van der Waals surface area (Å²) in [7, 11) is 0. The number of rotatable bonds is 3. The SMILES string of the molecule is SCB(CS)n1cccn1. The van der Waals surface area contributed by atoms with Gasteiger partial charge in [0.05, 0.1) is 0 Å². The zero-order valence-electron chi connectivity index (χ0n) is 5.51. The van der Waals surface area contributed by atoms with Crippen molar-refractivity contribution in [2.24, 2.45) is 0 Å². The van der Waals surface area contributed by atoms with Crippen LogP contribution in [0, 0.1) is 0 Å². The molecular formula is C5H9BN2S2. The quantitative estimate of drug-likeness (QED) is 0.506. The molecule has 1 aromatic rings. The topological polar surface area (TPSA) is 17.8 Å². The van der Waals surface area contributed by atoms with Gasteiger partial charge < -0.3 is 4.59 Å². The van der Waals surface area contributed by atoms with E-state index in [1.54, 1.807) is 6.20 Å². The monoisotopic (exact) mass is 172 g/mol. The maximum Gasteiger partial charge on any atom is 0.303 e. The van der Waals surface area contributed by atoms with E-state index in [1.165, 1.54) is 0 Å². The number of thiol groups is 2. The Morgan fingerprint density at radius 2 is 2.10 bits per heavy atom. The average Bonchev–Trinajstić information content (AvgIpc) is 2.43. The molecule has 10 heavy (non-hydrogen) atoms. The zero-order chi connectivity index (χ0) is 7.40.